The molecule has 0 fully saturated rings. The van der Waals surface area contributed by atoms with E-state index in [4.69, 9.17) is 4.74 Å². The van der Waals surface area contributed by atoms with Gasteiger partial charge in [-0.3, -0.25) is 4.79 Å². The molecular formula is C15H23NO4S. The molecule has 0 saturated heterocycles. The van der Waals surface area contributed by atoms with Crippen molar-refractivity contribution in [3.05, 3.63) is 29.8 Å². The van der Waals surface area contributed by atoms with Crippen molar-refractivity contribution < 1.29 is 17.9 Å². The molecule has 0 saturated carbocycles. The molecule has 0 spiro atoms. The standard InChI is InChI=1S/C15H23NO4S/c1-12(2)11-20-10-4-9-16-21(18,19)15-7-5-14(6-8-15)13(3)17/h5-8,12,16H,4,9-11H2,1-3H3. The summed E-state index contributed by atoms with van der Waals surface area (Å²) in [6, 6.07) is 5.91. The number of carbonyl (C=O) groups excluding carboxylic acids is 1. The predicted molar refractivity (Wildman–Crippen MR) is 81.9 cm³/mol. The molecule has 0 aromatic heterocycles. The summed E-state index contributed by atoms with van der Waals surface area (Å²) < 4.78 is 31.9. The van der Waals surface area contributed by atoms with Gasteiger partial charge in [-0.25, -0.2) is 13.1 Å². The molecular weight excluding hydrogens is 290 g/mol. The smallest absolute Gasteiger partial charge is 0.240 e. The number of sulfonamides is 1. The fourth-order valence-electron chi connectivity index (χ4n) is 1.65. The molecule has 0 aliphatic rings. The van der Waals surface area contributed by atoms with Crippen molar-refractivity contribution in [3.63, 3.8) is 0 Å². The number of carbonyl (C=O) groups is 1. The largest absolute Gasteiger partial charge is 0.381 e. The fourth-order valence-corrected chi connectivity index (χ4v) is 2.73. The Morgan fingerprint density at radius 3 is 2.38 bits per heavy atom. The monoisotopic (exact) mass is 313 g/mol. The van der Waals surface area contributed by atoms with E-state index in [1.807, 2.05) is 0 Å². The maximum Gasteiger partial charge on any atom is 0.240 e. The van der Waals surface area contributed by atoms with Crippen LogP contribution in [0.15, 0.2) is 29.2 Å². The van der Waals surface area contributed by atoms with E-state index in [9.17, 15) is 13.2 Å². The van der Waals surface area contributed by atoms with E-state index >= 15 is 0 Å². The van der Waals surface area contributed by atoms with Crippen molar-refractivity contribution in [2.24, 2.45) is 5.92 Å². The van der Waals surface area contributed by atoms with Crippen molar-refractivity contribution in [3.8, 4) is 0 Å². The minimum atomic E-state index is -3.52. The van der Waals surface area contributed by atoms with Crippen LogP contribution in [0.3, 0.4) is 0 Å². The lowest BCUT2D eigenvalue weighted by molar-refractivity contribution is 0.101. The molecule has 0 unspecified atom stereocenters. The zero-order chi connectivity index (χ0) is 15.9. The molecule has 118 valence electrons. The van der Waals surface area contributed by atoms with Gasteiger partial charge in [-0.2, -0.15) is 0 Å². The molecule has 0 radical (unpaired) electrons. The Hall–Kier alpha value is -1.24. The number of rotatable bonds is 9. The van der Waals surface area contributed by atoms with Gasteiger partial charge < -0.3 is 4.74 Å². The molecule has 6 heteroatoms. The number of benzene rings is 1. The highest BCUT2D eigenvalue weighted by atomic mass is 32.2. The van der Waals surface area contributed by atoms with Crippen LogP contribution in [-0.4, -0.2) is 34.0 Å². The Morgan fingerprint density at radius 2 is 1.86 bits per heavy atom. The molecule has 5 nitrogen and oxygen atoms in total. The van der Waals surface area contributed by atoms with Gasteiger partial charge in [0.05, 0.1) is 4.90 Å². The lowest BCUT2D eigenvalue weighted by Crippen LogP contribution is -2.25. The summed E-state index contributed by atoms with van der Waals surface area (Å²) in [7, 11) is -3.52. The van der Waals surface area contributed by atoms with Crippen molar-refractivity contribution in [2.75, 3.05) is 19.8 Å². The second-order valence-electron chi connectivity index (χ2n) is 5.30. The van der Waals surface area contributed by atoms with Gasteiger partial charge in [0.2, 0.25) is 10.0 Å². The van der Waals surface area contributed by atoms with Gasteiger partial charge in [0.15, 0.2) is 5.78 Å². The van der Waals surface area contributed by atoms with Crippen molar-refractivity contribution in [1.82, 2.24) is 4.72 Å². The van der Waals surface area contributed by atoms with E-state index in [0.717, 1.165) is 0 Å². The van der Waals surface area contributed by atoms with E-state index < -0.39 is 10.0 Å². The quantitative estimate of drug-likeness (QED) is 0.560. The molecule has 1 aromatic rings. The molecule has 21 heavy (non-hydrogen) atoms. The third kappa shape index (κ3) is 6.37. The first-order chi connectivity index (χ1) is 9.83. The Morgan fingerprint density at radius 1 is 1.24 bits per heavy atom. The van der Waals surface area contributed by atoms with Crippen LogP contribution in [0.1, 0.15) is 37.6 Å². The van der Waals surface area contributed by atoms with Crippen LogP contribution in [0, 0.1) is 5.92 Å². The zero-order valence-corrected chi connectivity index (χ0v) is 13.6. The SMILES string of the molecule is CC(=O)c1ccc(S(=O)(=O)NCCCOCC(C)C)cc1. The van der Waals surface area contributed by atoms with Gasteiger partial charge >= 0.3 is 0 Å². The summed E-state index contributed by atoms with van der Waals surface area (Å²) in [5.41, 5.74) is 0.496. The summed E-state index contributed by atoms with van der Waals surface area (Å²) in [6.07, 6.45) is 0.622. The van der Waals surface area contributed by atoms with Crippen molar-refractivity contribution in [1.29, 1.82) is 0 Å². The van der Waals surface area contributed by atoms with Gasteiger partial charge in [0.25, 0.3) is 0 Å². The molecule has 0 aliphatic heterocycles. The average Bonchev–Trinajstić information content (AvgIpc) is 2.42. The minimum Gasteiger partial charge on any atom is -0.381 e. The summed E-state index contributed by atoms with van der Waals surface area (Å²) in [4.78, 5) is 11.3. The van der Waals surface area contributed by atoms with Gasteiger partial charge in [-0.15, -0.1) is 0 Å². The van der Waals surface area contributed by atoms with Crippen LogP contribution < -0.4 is 4.72 Å². The van der Waals surface area contributed by atoms with Crippen molar-refractivity contribution >= 4 is 15.8 Å². The maximum absolute atomic E-state index is 12.0. The molecule has 1 rings (SSSR count). The Balaban J connectivity index is 2.44. The zero-order valence-electron chi connectivity index (χ0n) is 12.8. The molecule has 1 N–H and O–H groups in total. The van der Waals surface area contributed by atoms with Crippen molar-refractivity contribution in [2.45, 2.75) is 32.1 Å². The number of ether oxygens (including phenoxy) is 1. The Bertz CT molecular complexity index is 550. The third-order valence-corrected chi connectivity index (χ3v) is 4.26. The Kier molecular flexibility index (Phi) is 7.01. The number of Topliss-reactive ketones (excluding diaryl/α,β-unsaturated/α-hetero) is 1. The van der Waals surface area contributed by atoms with Crippen LogP contribution in [0.25, 0.3) is 0 Å². The topological polar surface area (TPSA) is 72.5 Å². The molecule has 0 bridgehead atoms. The first kappa shape index (κ1) is 17.8. The van der Waals surface area contributed by atoms with Gasteiger partial charge in [0, 0.05) is 25.3 Å². The van der Waals surface area contributed by atoms with Crippen LogP contribution in [0.4, 0.5) is 0 Å². The Labute approximate surface area is 126 Å². The molecule has 1 aromatic carbocycles. The highest BCUT2D eigenvalue weighted by Crippen LogP contribution is 2.10. The summed E-state index contributed by atoms with van der Waals surface area (Å²) in [6.45, 7) is 7.11. The fraction of sp³-hybridized carbons (Fsp3) is 0.533. The average molecular weight is 313 g/mol. The maximum atomic E-state index is 12.0. The first-order valence-corrected chi connectivity index (χ1v) is 8.49. The molecule has 0 aliphatic carbocycles. The van der Waals surface area contributed by atoms with Gasteiger partial charge in [-0.1, -0.05) is 26.0 Å². The van der Waals surface area contributed by atoms with Crippen LogP contribution in [-0.2, 0) is 14.8 Å². The third-order valence-electron chi connectivity index (χ3n) is 2.78. The first-order valence-electron chi connectivity index (χ1n) is 7.01. The van der Waals surface area contributed by atoms with Crippen LogP contribution in [0.2, 0.25) is 0 Å². The molecule has 0 heterocycles. The molecule has 0 amide bonds. The lowest BCUT2D eigenvalue weighted by Gasteiger charge is -2.08. The van der Waals surface area contributed by atoms with Gasteiger partial charge in [-0.05, 0) is 31.4 Å². The molecule has 0 atom stereocenters. The highest BCUT2D eigenvalue weighted by Gasteiger charge is 2.13. The lowest BCUT2D eigenvalue weighted by atomic mass is 10.2. The normalized spacial score (nSPS) is 11.8. The summed E-state index contributed by atoms with van der Waals surface area (Å²) in [5, 5.41) is 0. The van der Waals surface area contributed by atoms with E-state index in [1.165, 1.54) is 31.2 Å². The number of hydrogen-bond donors (Lipinski definition) is 1. The van der Waals surface area contributed by atoms with E-state index in [2.05, 4.69) is 18.6 Å². The van der Waals surface area contributed by atoms with Crippen LogP contribution >= 0.6 is 0 Å². The summed E-state index contributed by atoms with van der Waals surface area (Å²) in [5.74, 6) is 0.385. The van der Waals surface area contributed by atoms with E-state index in [-0.39, 0.29) is 10.7 Å². The predicted octanol–water partition coefficient (Wildman–Crippen LogP) is 2.23. The van der Waals surface area contributed by atoms with E-state index in [0.29, 0.717) is 37.7 Å². The number of hydrogen-bond acceptors (Lipinski definition) is 4. The second-order valence-corrected chi connectivity index (χ2v) is 7.07. The van der Waals surface area contributed by atoms with Crippen LogP contribution in [0.5, 0.6) is 0 Å². The number of ketones is 1. The van der Waals surface area contributed by atoms with E-state index in [1.54, 1.807) is 0 Å². The van der Waals surface area contributed by atoms with Gasteiger partial charge in [0.1, 0.15) is 0 Å². The highest BCUT2D eigenvalue weighted by molar-refractivity contribution is 7.89. The minimum absolute atomic E-state index is 0.0887. The second kappa shape index (κ2) is 8.26. The number of nitrogens with one attached hydrogen (secondary N) is 1. The summed E-state index contributed by atoms with van der Waals surface area (Å²) >= 11 is 0.